The van der Waals surface area contributed by atoms with Gasteiger partial charge < -0.3 is 4.74 Å². The number of aromatic nitrogens is 1. The van der Waals surface area contributed by atoms with Gasteiger partial charge in [0.2, 0.25) is 10.0 Å². The van der Waals surface area contributed by atoms with E-state index in [2.05, 4.69) is 25.6 Å². The quantitative estimate of drug-likeness (QED) is 0.646. The molecule has 3 aromatic rings. The Balaban J connectivity index is 1.87. The molecule has 0 atom stereocenters. The van der Waals surface area contributed by atoms with Crippen molar-refractivity contribution >= 4 is 48.5 Å². The van der Waals surface area contributed by atoms with Crippen LogP contribution >= 0.6 is 27.5 Å². The zero-order chi connectivity index (χ0) is 18.0. The topological polar surface area (TPSA) is 68.3 Å². The van der Waals surface area contributed by atoms with Gasteiger partial charge in [-0.3, -0.25) is 4.98 Å². The lowest BCUT2D eigenvalue weighted by Gasteiger charge is -2.10. The lowest BCUT2D eigenvalue weighted by Crippen LogP contribution is -2.23. The number of ether oxygens (including phenoxy) is 1. The second kappa shape index (κ2) is 7.29. The van der Waals surface area contributed by atoms with Gasteiger partial charge in [-0.05, 0) is 29.8 Å². The number of rotatable bonds is 5. The van der Waals surface area contributed by atoms with E-state index in [9.17, 15) is 8.42 Å². The highest BCUT2D eigenvalue weighted by Gasteiger charge is 2.20. The molecule has 0 unspecified atom stereocenters. The van der Waals surface area contributed by atoms with Crippen LogP contribution in [-0.4, -0.2) is 20.5 Å². The number of sulfonamides is 1. The molecule has 0 aliphatic rings. The molecular formula is C17H14BrClN2O3S. The molecule has 1 heterocycles. The first-order chi connectivity index (χ1) is 11.9. The van der Waals surface area contributed by atoms with E-state index < -0.39 is 10.0 Å². The molecule has 3 rings (SSSR count). The third-order valence-corrected chi connectivity index (χ3v) is 6.07. The molecule has 2 aromatic carbocycles. The number of fused-ring (bicyclic) bond motifs is 1. The molecule has 0 saturated carbocycles. The molecule has 1 aromatic heterocycles. The van der Waals surface area contributed by atoms with E-state index in [1.54, 1.807) is 49.6 Å². The molecule has 0 bridgehead atoms. The molecule has 25 heavy (non-hydrogen) atoms. The Bertz CT molecular complexity index is 1020. The zero-order valence-corrected chi connectivity index (χ0v) is 16.3. The number of hydrogen-bond donors (Lipinski definition) is 1. The summed E-state index contributed by atoms with van der Waals surface area (Å²) in [6, 6.07) is 12.4. The monoisotopic (exact) mass is 440 g/mol. The predicted octanol–water partition coefficient (Wildman–Crippen LogP) is 4.14. The Labute approximate surface area is 159 Å². The van der Waals surface area contributed by atoms with Gasteiger partial charge in [-0.1, -0.05) is 45.7 Å². The number of nitrogens with one attached hydrogen (secondary N) is 1. The number of methoxy groups -OCH3 is 1. The molecule has 0 saturated heterocycles. The van der Waals surface area contributed by atoms with Gasteiger partial charge in [-0.2, -0.15) is 0 Å². The van der Waals surface area contributed by atoms with Crippen molar-refractivity contribution in [3.63, 3.8) is 0 Å². The van der Waals surface area contributed by atoms with Crippen LogP contribution in [0.5, 0.6) is 5.75 Å². The van der Waals surface area contributed by atoms with Gasteiger partial charge in [0.25, 0.3) is 0 Å². The second-order valence-electron chi connectivity index (χ2n) is 5.27. The second-order valence-corrected chi connectivity index (χ2v) is 8.30. The van der Waals surface area contributed by atoms with E-state index in [1.807, 2.05) is 0 Å². The van der Waals surface area contributed by atoms with E-state index in [0.29, 0.717) is 16.7 Å². The first kappa shape index (κ1) is 18.1. The van der Waals surface area contributed by atoms with Gasteiger partial charge in [0, 0.05) is 22.6 Å². The van der Waals surface area contributed by atoms with Gasteiger partial charge >= 0.3 is 0 Å². The average Bonchev–Trinajstić information content (AvgIpc) is 2.60. The van der Waals surface area contributed by atoms with Crippen LogP contribution in [0.4, 0.5) is 0 Å². The van der Waals surface area contributed by atoms with Gasteiger partial charge in [0.15, 0.2) is 0 Å². The van der Waals surface area contributed by atoms with Gasteiger partial charge in [-0.25, -0.2) is 13.1 Å². The Hall–Kier alpha value is -1.67. The van der Waals surface area contributed by atoms with E-state index in [-0.39, 0.29) is 16.5 Å². The number of nitrogens with zero attached hydrogens (tertiary/aromatic N) is 1. The number of benzene rings is 2. The number of halogens is 2. The lowest BCUT2D eigenvalue weighted by atomic mass is 10.2. The lowest BCUT2D eigenvalue weighted by molar-refractivity contribution is 0.414. The maximum atomic E-state index is 12.6. The summed E-state index contributed by atoms with van der Waals surface area (Å²) in [5.74, 6) is 0.708. The van der Waals surface area contributed by atoms with E-state index in [4.69, 9.17) is 16.3 Å². The fourth-order valence-electron chi connectivity index (χ4n) is 2.30. The van der Waals surface area contributed by atoms with Crippen molar-refractivity contribution in [3.8, 4) is 5.75 Å². The molecule has 0 spiro atoms. The van der Waals surface area contributed by atoms with Crippen LogP contribution in [0.2, 0.25) is 5.02 Å². The Morgan fingerprint density at radius 3 is 2.60 bits per heavy atom. The Morgan fingerprint density at radius 2 is 1.92 bits per heavy atom. The van der Waals surface area contributed by atoms with Crippen LogP contribution in [0.1, 0.15) is 5.56 Å². The van der Waals surface area contributed by atoms with Gasteiger partial charge in [0.05, 0.1) is 17.6 Å². The molecule has 0 aliphatic heterocycles. The summed E-state index contributed by atoms with van der Waals surface area (Å²) in [6.45, 7) is 0.140. The molecule has 1 N–H and O–H groups in total. The Morgan fingerprint density at radius 1 is 1.20 bits per heavy atom. The van der Waals surface area contributed by atoms with Gasteiger partial charge in [-0.15, -0.1) is 0 Å². The molecule has 0 fully saturated rings. The minimum absolute atomic E-state index is 0.0440. The van der Waals surface area contributed by atoms with Crippen molar-refractivity contribution in [2.75, 3.05) is 7.11 Å². The van der Waals surface area contributed by atoms with E-state index in [1.165, 1.54) is 6.20 Å². The summed E-state index contributed by atoms with van der Waals surface area (Å²) in [7, 11) is -2.22. The molecule has 130 valence electrons. The zero-order valence-electron chi connectivity index (χ0n) is 13.2. The highest BCUT2D eigenvalue weighted by atomic mass is 79.9. The molecule has 0 amide bonds. The minimum atomic E-state index is -3.79. The van der Waals surface area contributed by atoms with Crippen molar-refractivity contribution in [1.82, 2.24) is 9.71 Å². The van der Waals surface area contributed by atoms with Gasteiger partial charge in [0.1, 0.15) is 10.6 Å². The molecule has 5 nitrogen and oxygen atoms in total. The number of pyridine rings is 1. The van der Waals surface area contributed by atoms with Crippen LogP contribution in [-0.2, 0) is 16.6 Å². The first-order valence-corrected chi connectivity index (χ1v) is 9.92. The number of hydrogen-bond acceptors (Lipinski definition) is 4. The van der Waals surface area contributed by atoms with Crippen LogP contribution in [0, 0.1) is 0 Å². The summed E-state index contributed by atoms with van der Waals surface area (Å²) in [5, 5.41) is 0.733. The summed E-state index contributed by atoms with van der Waals surface area (Å²) < 4.78 is 33.7. The summed E-state index contributed by atoms with van der Waals surface area (Å²) >= 11 is 9.66. The molecule has 0 aliphatic carbocycles. The van der Waals surface area contributed by atoms with Crippen LogP contribution in [0.25, 0.3) is 10.9 Å². The maximum absolute atomic E-state index is 12.6. The summed E-state index contributed by atoms with van der Waals surface area (Å²) in [5.41, 5.74) is 1.42. The highest BCUT2D eigenvalue weighted by Crippen LogP contribution is 2.30. The molecule has 8 heteroatoms. The van der Waals surface area contributed by atoms with E-state index in [0.717, 1.165) is 10.0 Å². The third kappa shape index (κ3) is 3.95. The smallest absolute Gasteiger partial charge is 0.243 e. The van der Waals surface area contributed by atoms with Crippen LogP contribution in [0.15, 0.2) is 58.0 Å². The van der Waals surface area contributed by atoms with Crippen LogP contribution in [0.3, 0.4) is 0 Å². The third-order valence-electron chi connectivity index (χ3n) is 3.65. The molecule has 0 radical (unpaired) electrons. The van der Waals surface area contributed by atoms with Crippen molar-refractivity contribution in [1.29, 1.82) is 0 Å². The standard InChI is InChI=1S/C17H14BrClN2O3S/c1-24-13-5-2-11(3-6-13)9-21-25(22,23)16-10-20-15-8-12(18)4-7-14(15)17(16)19/h2-8,10,21H,9H2,1H3. The van der Waals surface area contributed by atoms with Crippen molar-refractivity contribution < 1.29 is 13.2 Å². The Kier molecular flexibility index (Phi) is 5.29. The summed E-state index contributed by atoms with van der Waals surface area (Å²) in [4.78, 5) is 4.15. The minimum Gasteiger partial charge on any atom is -0.497 e. The fraction of sp³-hybridized carbons (Fsp3) is 0.118. The van der Waals surface area contributed by atoms with Crippen molar-refractivity contribution in [2.45, 2.75) is 11.4 Å². The normalized spacial score (nSPS) is 11.6. The van der Waals surface area contributed by atoms with Crippen LogP contribution < -0.4 is 9.46 Å². The van der Waals surface area contributed by atoms with E-state index >= 15 is 0 Å². The largest absolute Gasteiger partial charge is 0.497 e. The maximum Gasteiger partial charge on any atom is 0.243 e. The van der Waals surface area contributed by atoms with Crippen molar-refractivity contribution in [3.05, 3.63) is 63.7 Å². The summed E-state index contributed by atoms with van der Waals surface area (Å²) in [6.07, 6.45) is 1.27. The predicted molar refractivity (Wildman–Crippen MR) is 101 cm³/mol. The SMILES string of the molecule is COc1ccc(CNS(=O)(=O)c2cnc3cc(Br)ccc3c2Cl)cc1. The first-order valence-electron chi connectivity index (χ1n) is 7.27. The fourth-order valence-corrected chi connectivity index (χ4v) is 4.21. The van der Waals surface area contributed by atoms with Crippen molar-refractivity contribution in [2.24, 2.45) is 0 Å². The average molecular weight is 442 g/mol. The molecular weight excluding hydrogens is 428 g/mol. The highest BCUT2D eigenvalue weighted by molar-refractivity contribution is 9.10.